The van der Waals surface area contributed by atoms with Crippen molar-refractivity contribution >= 4 is 108 Å². The number of benzene rings is 5. The van der Waals surface area contributed by atoms with Gasteiger partial charge >= 0.3 is 0 Å². The quantitative estimate of drug-likeness (QED) is 0.0469. The number of likely N-dealkylation sites (N-methyl/N-ethyl adjacent to an activating group) is 3. The van der Waals surface area contributed by atoms with Crippen molar-refractivity contribution in [2.75, 3.05) is 41.8 Å². The molecule has 0 spiro atoms. The van der Waals surface area contributed by atoms with E-state index >= 15 is 14.4 Å². The van der Waals surface area contributed by atoms with E-state index in [1.807, 2.05) is 13.8 Å². The van der Waals surface area contributed by atoms with Gasteiger partial charge in [-0.2, -0.15) is 0 Å². The van der Waals surface area contributed by atoms with Gasteiger partial charge in [-0.25, -0.2) is 0 Å². The molecule has 594 valence electrons. The topological polar surface area (TPSA) is 505 Å². The average Bonchev–Trinajstić information content (AvgIpc) is 0.763. The number of fused-ring (bicyclic) bond motifs is 8. The number of ether oxygens (including phenoxy) is 6. The maximum atomic E-state index is 15.3. The van der Waals surface area contributed by atoms with Crippen LogP contribution in [0, 0.1) is 12.8 Å². The molecule has 37 heteroatoms. The monoisotopic (exact) mass is 1790 g/mol. The van der Waals surface area contributed by atoms with Crippen molar-refractivity contribution < 1.29 is 113 Å². The number of aliphatic hydroxyl groups excluding tert-OH is 6. The van der Waals surface area contributed by atoms with E-state index in [1.165, 1.54) is 64.5 Å². The average molecular weight is 1790 g/mol. The number of aliphatic hydroxyl groups is 6. The Bertz CT molecular complexity index is 4240. The number of ketones is 1. The summed E-state index contributed by atoms with van der Waals surface area (Å²) in [5.41, 5.74) is 9.56. The zero-order valence-electron chi connectivity index (χ0n) is 61.0. The normalized spacial score (nSPS) is 25.9. The zero-order chi connectivity index (χ0) is 80.9. The van der Waals surface area contributed by atoms with Crippen molar-refractivity contribution in [2.45, 2.75) is 170 Å². The van der Waals surface area contributed by atoms with Crippen LogP contribution in [-0.4, -0.2) is 224 Å². The van der Waals surface area contributed by atoms with Gasteiger partial charge in [-0.1, -0.05) is 55.2 Å². The largest absolute Gasteiger partial charge is 0.508 e. The number of nitrogens with two attached hydrogens (primary N) is 2. The number of hydrogen-bond acceptors (Lipinski definition) is 26. The zero-order valence-corrected chi connectivity index (χ0v) is 66.8. The second-order valence-electron chi connectivity index (χ2n) is 27.9. The van der Waals surface area contributed by atoms with E-state index in [9.17, 15) is 69.9 Å². The van der Waals surface area contributed by atoms with E-state index in [1.54, 1.807) is 32.8 Å². The highest BCUT2D eigenvalue weighted by Gasteiger charge is 2.53. The Hall–Kier alpha value is -7.58. The number of nitrogens with one attached hydrogen (secondary N) is 6. The molecule has 5 aliphatic rings. The Morgan fingerprint density at radius 1 is 0.789 bits per heavy atom. The Balaban J connectivity index is 0.00000741. The Kier molecular flexibility index (Phi) is 29.3. The molecular formula is C72H90Cl2I2N10O23. The van der Waals surface area contributed by atoms with Crippen LogP contribution in [0.2, 0.25) is 10.0 Å². The standard InChI is InChI=1S/C72H90Cl2N10O23.I2/c1-28(2)18-41(77-7)65(96)81-55(68(99)78-40(30(4)86)25-49(75)89)58(91)33-13-16-44(38(73)20-33)103-46-22-35-23-47(62(46)107-71-63(61(94)60(93)48(27-85)105-71)106-50-26-72(6,84(10)11)64(95)31(5)102-50)104-45-17-14-34(21-39(45)74)59(92)56-69(100)80-54(70(101)83(8)9)37-24-43(88)29(3)57(90)51(37)36-19-32(12-15-42(36)87)53(67(98)82-56)79-66(97)52(35)76;1-2/h12-17,19-24,28,31,40-41,48,50,52-56,58-61,63-64,71,77,85,87-88,90-95H,18,25-27,76H2,1-11H3,(H2,75,89)(H,78,99)(H,79,97)(H,80,100)(H,81,96)(H,82,98);/t31-,40-,41+,48+,50-,52+,53+,54-,55?,56-,58+,59+,60+,61-,63+,64+,71-,72-;/m0./s1. The van der Waals surface area contributed by atoms with Gasteiger partial charge in [-0.15, -0.1) is 0 Å². The van der Waals surface area contributed by atoms with E-state index < -0.39 is 204 Å². The molecule has 1 unspecified atom stereocenters. The number of carbonyl (C=O) groups excluding carboxylic acids is 8. The van der Waals surface area contributed by atoms with Crippen molar-refractivity contribution in [2.24, 2.45) is 17.4 Å². The number of Topliss-reactive ketones (excluding diaryl/α,β-unsaturated/α-hetero) is 1. The molecule has 0 aromatic heterocycles. The maximum Gasteiger partial charge on any atom is 0.249 e. The van der Waals surface area contributed by atoms with E-state index in [0.29, 0.717) is 0 Å². The lowest BCUT2D eigenvalue weighted by atomic mass is 9.84. The molecule has 7 amide bonds. The van der Waals surface area contributed by atoms with Gasteiger partial charge in [0.15, 0.2) is 29.7 Å². The maximum absolute atomic E-state index is 15.3. The van der Waals surface area contributed by atoms with Gasteiger partial charge in [-0.3, -0.25) is 38.4 Å². The molecule has 109 heavy (non-hydrogen) atoms. The van der Waals surface area contributed by atoms with Gasteiger partial charge in [0.2, 0.25) is 53.4 Å². The minimum Gasteiger partial charge on any atom is -0.508 e. The van der Waals surface area contributed by atoms with Crippen molar-refractivity contribution in [1.29, 1.82) is 0 Å². The van der Waals surface area contributed by atoms with Crippen LogP contribution in [0.3, 0.4) is 0 Å². The molecule has 18 atom stereocenters. The number of nitrogens with zero attached hydrogens (tertiary/aromatic N) is 2. The summed E-state index contributed by atoms with van der Waals surface area (Å²) < 4.78 is 38.9. The minimum atomic E-state index is -2.12. The highest BCUT2D eigenvalue weighted by molar-refractivity contribution is 15.0. The number of amides is 7. The molecule has 0 saturated carbocycles. The lowest BCUT2D eigenvalue weighted by Crippen LogP contribution is -2.65. The first-order valence-corrected chi connectivity index (χ1v) is 41.2. The summed E-state index contributed by atoms with van der Waals surface area (Å²) in [6.45, 7) is 8.50. The van der Waals surface area contributed by atoms with Crippen LogP contribution in [-0.2, 0) is 52.6 Å². The summed E-state index contributed by atoms with van der Waals surface area (Å²) in [6.07, 6.45) is -17.1. The smallest absolute Gasteiger partial charge is 0.249 e. The molecule has 0 radical (unpaired) electrons. The number of phenolic OH excluding ortho intramolecular Hbond substituents is 3. The molecule has 19 N–H and O–H groups in total. The molecule has 2 saturated heterocycles. The van der Waals surface area contributed by atoms with E-state index in [2.05, 4.69) is 69.1 Å². The lowest BCUT2D eigenvalue weighted by Gasteiger charge is -2.50. The Labute approximate surface area is 660 Å². The molecule has 33 nitrogen and oxygen atoms in total. The highest BCUT2D eigenvalue weighted by atomic mass is 128. The van der Waals surface area contributed by atoms with Crippen LogP contribution in [0.4, 0.5) is 0 Å². The van der Waals surface area contributed by atoms with Crippen molar-refractivity contribution in [3.05, 3.63) is 116 Å². The molecule has 10 rings (SSSR count). The van der Waals surface area contributed by atoms with Gasteiger partial charge in [0.25, 0.3) is 0 Å². The number of aromatic hydroxyl groups is 3. The molecule has 5 aliphatic heterocycles. The number of hydrogen-bond donors (Lipinski definition) is 17. The highest BCUT2D eigenvalue weighted by Crippen LogP contribution is 2.50. The van der Waals surface area contributed by atoms with Crippen LogP contribution in [0.15, 0.2) is 72.8 Å². The number of rotatable bonds is 21. The molecule has 0 aliphatic carbocycles. The molecular weight excluding hydrogens is 1700 g/mol. The first-order valence-electron chi connectivity index (χ1n) is 34.2. The third kappa shape index (κ3) is 19.3. The number of primary amides is 1. The second kappa shape index (κ2) is 36.7. The fraction of sp³-hybridized carbons (Fsp3) is 0.472. The third-order valence-electron chi connectivity index (χ3n) is 19.5. The Morgan fingerprint density at radius 3 is 2.07 bits per heavy atom. The van der Waals surface area contributed by atoms with Crippen LogP contribution >= 0.6 is 60.4 Å². The van der Waals surface area contributed by atoms with Crippen LogP contribution in [0.5, 0.6) is 46.0 Å². The van der Waals surface area contributed by atoms with Gasteiger partial charge in [-0.05, 0) is 144 Å². The minimum absolute atomic E-state index is 0.0457. The first kappa shape index (κ1) is 87.0. The fourth-order valence-electron chi connectivity index (χ4n) is 13.0. The van der Waals surface area contributed by atoms with Gasteiger partial charge in [0.05, 0.1) is 52.9 Å². The van der Waals surface area contributed by atoms with E-state index in [-0.39, 0.29) is 84.8 Å². The molecule has 5 heterocycles. The number of carbonyl (C=O) groups is 8. The van der Waals surface area contributed by atoms with Crippen molar-refractivity contribution in [3.63, 3.8) is 0 Å². The fourth-order valence-corrected chi connectivity index (χ4v) is 13.4. The number of phenols is 3. The summed E-state index contributed by atoms with van der Waals surface area (Å²) in [7, 11) is 7.63. The summed E-state index contributed by atoms with van der Waals surface area (Å²) in [4.78, 5) is 116. The molecule has 2 fully saturated rings. The summed E-state index contributed by atoms with van der Waals surface area (Å²) in [5, 5.41) is 120. The number of halogens is 4. The molecule has 5 aromatic carbocycles. The Morgan fingerprint density at radius 2 is 1.47 bits per heavy atom. The predicted molar refractivity (Wildman–Crippen MR) is 409 cm³/mol. The van der Waals surface area contributed by atoms with Crippen LogP contribution in [0.25, 0.3) is 11.1 Å². The van der Waals surface area contributed by atoms with Crippen molar-refractivity contribution in [3.8, 4) is 57.1 Å². The van der Waals surface area contributed by atoms with Gasteiger partial charge in [0.1, 0.15) is 89.5 Å². The second-order valence-corrected chi connectivity index (χ2v) is 28.7. The van der Waals surface area contributed by atoms with Crippen molar-refractivity contribution in [1.82, 2.24) is 41.7 Å². The van der Waals surface area contributed by atoms with Crippen LogP contribution in [0.1, 0.15) is 118 Å². The van der Waals surface area contributed by atoms with Gasteiger partial charge < -0.3 is 128 Å². The molecule has 8 bridgehead atoms. The summed E-state index contributed by atoms with van der Waals surface area (Å²) in [5.74, 6) is -12.1. The van der Waals surface area contributed by atoms with E-state index in [4.69, 9.17) is 63.1 Å². The summed E-state index contributed by atoms with van der Waals surface area (Å²) >= 11 is 18.5. The predicted octanol–water partition coefficient (Wildman–Crippen LogP) is 3.21. The SMILES string of the molecule is CN[C@H](CC(C)C)C(=O)NC(C(=O)N[C@@H](CC(N)=O)C(C)=O)[C@H](O)c1ccc(Oc2cc3cc(c2O[C@@H]2O[C@H](CO)[C@@H](O)[C@H](O)[C@H]2O[C@H]2C[C@](C)(N(C)C)[C@H](O)[C@H](C)O2)Oc2ccc(cc2Cl)[C@@H](O)[C@@H]2NC(=O)[C@H](NC(=O)[C@@H]3N)c3ccc(O)c(c3)-c3c(cc(O)c(C)c3O)[C@@H](C(=O)N(C)C)NC2=O)c(Cl)c1.II. The summed E-state index contributed by atoms with van der Waals surface area (Å²) in [6, 6.07) is 1.80. The first-order chi connectivity index (χ1) is 51.3. The molecule has 5 aromatic rings. The van der Waals surface area contributed by atoms with Gasteiger partial charge in [0, 0.05) is 74.4 Å². The lowest BCUT2D eigenvalue weighted by molar-refractivity contribution is -0.337. The van der Waals surface area contributed by atoms with Crippen LogP contribution < -0.4 is 57.6 Å². The van der Waals surface area contributed by atoms with E-state index in [0.717, 1.165) is 48.2 Å². The third-order valence-corrected chi connectivity index (χ3v) is 20.1.